The molecule has 0 spiro atoms. The lowest BCUT2D eigenvalue weighted by Crippen LogP contribution is -2.20. The average molecular weight is 272 g/mol. The van der Waals surface area contributed by atoms with Crippen molar-refractivity contribution in [3.63, 3.8) is 0 Å². The van der Waals surface area contributed by atoms with Crippen molar-refractivity contribution in [1.29, 1.82) is 0 Å². The highest BCUT2D eigenvalue weighted by molar-refractivity contribution is 9.10. The lowest BCUT2D eigenvalue weighted by molar-refractivity contribution is 0.260. The van der Waals surface area contributed by atoms with E-state index >= 15 is 0 Å². The Labute approximate surface area is 98.9 Å². The Kier molecular flexibility index (Phi) is 4.60. The number of ether oxygens (including phenoxy) is 1. The lowest BCUT2D eigenvalue weighted by Gasteiger charge is -2.12. The first-order chi connectivity index (χ1) is 7.00. The Morgan fingerprint density at radius 2 is 2.13 bits per heavy atom. The minimum atomic E-state index is -0.443. The maximum absolute atomic E-state index is 13.0. The van der Waals surface area contributed by atoms with E-state index in [-0.39, 0.29) is 5.46 Å². The summed E-state index contributed by atoms with van der Waals surface area (Å²) in [5.41, 5.74) is 0.0954. The molecule has 1 aromatic carbocycles. The molecule has 0 aliphatic heterocycles. The molecule has 1 rings (SSSR count). The van der Waals surface area contributed by atoms with E-state index in [2.05, 4.69) is 15.9 Å². The van der Waals surface area contributed by atoms with Crippen LogP contribution in [0.1, 0.15) is 0 Å². The lowest BCUT2D eigenvalue weighted by atomic mass is 9.95. The molecule has 0 aliphatic rings. The zero-order valence-corrected chi connectivity index (χ0v) is 10.3. The molecule has 15 heavy (non-hydrogen) atoms. The van der Waals surface area contributed by atoms with Crippen molar-refractivity contribution in [2.45, 2.75) is 0 Å². The number of nitrogens with zero attached hydrogens (tertiary/aromatic N) is 1. The Bertz CT molecular complexity index is 346. The van der Waals surface area contributed by atoms with Gasteiger partial charge in [0.05, 0.1) is 4.47 Å². The van der Waals surface area contributed by atoms with Gasteiger partial charge >= 0.3 is 0 Å². The highest BCUT2D eigenvalue weighted by Gasteiger charge is 2.05. The molecule has 0 fully saturated rings. The summed E-state index contributed by atoms with van der Waals surface area (Å²) in [6, 6.07) is 2.79. The highest BCUT2D eigenvalue weighted by Crippen LogP contribution is 2.24. The van der Waals surface area contributed by atoms with Crippen molar-refractivity contribution in [3.8, 4) is 5.75 Å². The SMILES string of the molecule is [B]c1cc(OCCN(C)C)c(Br)cc1F. The van der Waals surface area contributed by atoms with Crippen LogP contribution in [0.2, 0.25) is 0 Å². The van der Waals surface area contributed by atoms with Crippen LogP contribution in [-0.2, 0) is 0 Å². The van der Waals surface area contributed by atoms with Gasteiger partial charge in [0.1, 0.15) is 26.0 Å². The fourth-order valence-electron chi connectivity index (χ4n) is 0.994. The molecule has 0 aliphatic carbocycles. The van der Waals surface area contributed by atoms with Crippen molar-refractivity contribution in [2.24, 2.45) is 0 Å². The van der Waals surface area contributed by atoms with Crippen LogP contribution in [0.4, 0.5) is 4.39 Å². The van der Waals surface area contributed by atoms with E-state index < -0.39 is 5.82 Å². The molecule has 0 amide bonds. The monoisotopic (exact) mass is 271 g/mol. The summed E-state index contributed by atoms with van der Waals surface area (Å²) >= 11 is 3.21. The van der Waals surface area contributed by atoms with Crippen molar-refractivity contribution in [3.05, 3.63) is 22.4 Å². The first kappa shape index (κ1) is 12.5. The van der Waals surface area contributed by atoms with Gasteiger partial charge in [0.2, 0.25) is 0 Å². The van der Waals surface area contributed by atoms with Gasteiger partial charge in [0.25, 0.3) is 0 Å². The average Bonchev–Trinajstić information content (AvgIpc) is 2.13. The number of hydrogen-bond acceptors (Lipinski definition) is 2. The zero-order valence-electron chi connectivity index (χ0n) is 8.76. The number of halogens is 2. The third kappa shape index (κ3) is 3.84. The molecular weight excluding hydrogens is 260 g/mol. The number of benzene rings is 1. The molecule has 2 nitrogen and oxygen atoms in total. The van der Waals surface area contributed by atoms with E-state index in [0.717, 1.165) is 6.54 Å². The molecular formula is C10H12BBrFNO. The molecule has 5 heteroatoms. The Balaban J connectivity index is 2.65. The fraction of sp³-hybridized carbons (Fsp3) is 0.400. The van der Waals surface area contributed by atoms with Crippen molar-refractivity contribution < 1.29 is 9.13 Å². The molecule has 1 aromatic rings. The number of likely N-dealkylation sites (N-methyl/N-ethyl adjacent to an activating group) is 1. The van der Waals surface area contributed by atoms with Gasteiger partial charge in [-0.15, -0.1) is 0 Å². The molecule has 0 heterocycles. The van der Waals surface area contributed by atoms with Crippen LogP contribution in [0.25, 0.3) is 0 Å². The summed E-state index contributed by atoms with van der Waals surface area (Å²) in [5.74, 6) is 0.123. The van der Waals surface area contributed by atoms with Crippen LogP contribution in [0, 0.1) is 5.82 Å². The zero-order chi connectivity index (χ0) is 11.4. The molecule has 2 radical (unpaired) electrons. The smallest absolute Gasteiger partial charge is 0.133 e. The molecule has 0 bridgehead atoms. The van der Waals surface area contributed by atoms with Gasteiger partial charge in [-0.2, -0.15) is 0 Å². The van der Waals surface area contributed by atoms with Crippen LogP contribution in [0.5, 0.6) is 5.75 Å². The van der Waals surface area contributed by atoms with E-state index in [4.69, 9.17) is 12.6 Å². The van der Waals surface area contributed by atoms with Gasteiger partial charge in [-0.3, -0.25) is 0 Å². The van der Waals surface area contributed by atoms with E-state index in [9.17, 15) is 4.39 Å². The summed E-state index contributed by atoms with van der Waals surface area (Å²) in [6.45, 7) is 1.33. The van der Waals surface area contributed by atoms with Crippen LogP contribution in [0.3, 0.4) is 0 Å². The van der Waals surface area contributed by atoms with Crippen LogP contribution >= 0.6 is 15.9 Å². The van der Waals surface area contributed by atoms with Gasteiger partial charge in [0.15, 0.2) is 0 Å². The highest BCUT2D eigenvalue weighted by atomic mass is 79.9. The minimum absolute atomic E-state index is 0.0954. The summed E-state index contributed by atoms with van der Waals surface area (Å²) in [7, 11) is 9.35. The topological polar surface area (TPSA) is 12.5 Å². The Morgan fingerprint density at radius 3 is 2.73 bits per heavy atom. The molecule has 0 aromatic heterocycles. The second-order valence-electron chi connectivity index (χ2n) is 3.46. The largest absolute Gasteiger partial charge is 0.491 e. The molecule has 0 N–H and O–H groups in total. The van der Waals surface area contributed by atoms with Gasteiger partial charge in [-0.1, -0.05) is 5.46 Å². The maximum atomic E-state index is 13.0. The summed E-state index contributed by atoms with van der Waals surface area (Å²) in [4.78, 5) is 2.00. The molecule has 0 atom stereocenters. The molecule has 0 saturated heterocycles. The van der Waals surface area contributed by atoms with Crippen molar-refractivity contribution >= 4 is 29.2 Å². The Morgan fingerprint density at radius 1 is 1.47 bits per heavy atom. The van der Waals surface area contributed by atoms with E-state index in [1.807, 2.05) is 19.0 Å². The van der Waals surface area contributed by atoms with E-state index in [1.165, 1.54) is 12.1 Å². The molecule has 0 saturated carbocycles. The van der Waals surface area contributed by atoms with E-state index in [1.54, 1.807) is 0 Å². The molecule has 80 valence electrons. The maximum Gasteiger partial charge on any atom is 0.133 e. The van der Waals surface area contributed by atoms with Gasteiger partial charge in [-0.05, 0) is 42.2 Å². The second-order valence-corrected chi connectivity index (χ2v) is 4.31. The van der Waals surface area contributed by atoms with Crippen molar-refractivity contribution in [1.82, 2.24) is 4.90 Å². The van der Waals surface area contributed by atoms with Crippen LogP contribution in [-0.4, -0.2) is 40.0 Å². The second kappa shape index (κ2) is 5.51. The first-order valence-electron chi connectivity index (χ1n) is 4.52. The number of rotatable bonds is 4. The quantitative estimate of drug-likeness (QED) is 0.766. The minimum Gasteiger partial charge on any atom is -0.491 e. The van der Waals surface area contributed by atoms with Crippen LogP contribution in [0.15, 0.2) is 16.6 Å². The molecule has 0 unspecified atom stereocenters. The van der Waals surface area contributed by atoms with Crippen molar-refractivity contribution in [2.75, 3.05) is 27.2 Å². The normalized spacial score (nSPS) is 10.7. The summed E-state index contributed by atoms with van der Waals surface area (Å²) < 4.78 is 19.0. The summed E-state index contributed by atoms with van der Waals surface area (Å²) in [6.07, 6.45) is 0. The predicted octanol–water partition coefficient (Wildman–Crippen LogP) is 1.32. The van der Waals surface area contributed by atoms with E-state index in [0.29, 0.717) is 16.8 Å². The fourth-order valence-corrected chi connectivity index (χ4v) is 1.42. The predicted molar refractivity (Wildman–Crippen MR) is 63.5 cm³/mol. The summed E-state index contributed by atoms with van der Waals surface area (Å²) in [5, 5.41) is 0. The van der Waals surface area contributed by atoms with Gasteiger partial charge < -0.3 is 9.64 Å². The third-order valence-electron chi connectivity index (χ3n) is 1.85. The van der Waals surface area contributed by atoms with Crippen LogP contribution < -0.4 is 10.2 Å². The van der Waals surface area contributed by atoms with Gasteiger partial charge in [0, 0.05) is 6.54 Å². The first-order valence-corrected chi connectivity index (χ1v) is 5.32. The number of hydrogen-bond donors (Lipinski definition) is 0. The third-order valence-corrected chi connectivity index (χ3v) is 2.47. The Hall–Kier alpha value is -0.545. The van der Waals surface area contributed by atoms with Gasteiger partial charge in [-0.25, -0.2) is 4.39 Å². The standard InChI is InChI=1S/C10H12BBrFNO/c1-14(2)3-4-15-10-5-7(11)9(13)6-8(10)12/h5-6H,3-4H2,1-2H3.